The molecular formula is C21H23FN2O5. The summed E-state index contributed by atoms with van der Waals surface area (Å²) in [6.45, 7) is 5.17. The molecule has 0 fully saturated rings. The molecule has 1 aliphatic heterocycles. The van der Waals surface area contributed by atoms with Crippen LogP contribution in [0.3, 0.4) is 0 Å². The van der Waals surface area contributed by atoms with Crippen LogP contribution in [0.25, 0.3) is 0 Å². The summed E-state index contributed by atoms with van der Waals surface area (Å²) in [6, 6.07) is 10.8. The number of rotatable bonds is 6. The van der Waals surface area contributed by atoms with Crippen molar-refractivity contribution >= 4 is 11.8 Å². The summed E-state index contributed by atoms with van der Waals surface area (Å²) in [5.41, 5.74) is 5.24. The van der Waals surface area contributed by atoms with E-state index >= 15 is 0 Å². The van der Waals surface area contributed by atoms with Crippen LogP contribution in [0.2, 0.25) is 0 Å². The van der Waals surface area contributed by atoms with E-state index < -0.39 is 23.7 Å². The van der Waals surface area contributed by atoms with Crippen molar-refractivity contribution in [3.63, 3.8) is 0 Å². The number of carbonyl (C=O) groups excluding carboxylic acids is 2. The minimum atomic E-state index is -0.894. The highest BCUT2D eigenvalue weighted by atomic mass is 19.1. The van der Waals surface area contributed by atoms with Gasteiger partial charge in [0.2, 0.25) is 0 Å². The molecule has 0 unspecified atom stereocenters. The molecule has 0 saturated heterocycles. The van der Waals surface area contributed by atoms with Crippen LogP contribution < -0.4 is 25.1 Å². The van der Waals surface area contributed by atoms with E-state index in [0.29, 0.717) is 17.2 Å². The van der Waals surface area contributed by atoms with Crippen LogP contribution in [-0.2, 0) is 16.0 Å². The second-order valence-electron chi connectivity index (χ2n) is 7.32. The quantitative estimate of drug-likeness (QED) is 0.726. The molecule has 0 radical (unpaired) electrons. The van der Waals surface area contributed by atoms with E-state index in [2.05, 4.69) is 10.9 Å². The van der Waals surface area contributed by atoms with Crippen LogP contribution in [0.1, 0.15) is 26.3 Å². The van der Waals surface area contributed by atoms with Crippen molar-refractivity contribution in [3.05, 3.63) is 53.8 Å². The largest absolute Gasteiger partial charge is 0.483 e. The van der Waals surface area contributed by atoms with E-state index in [4.69, 9.17) is 14.2 Å². The van der Waals surface area contributed by atoms with Gasteiger partial charge in [0.15, 0.2) is 24.2 Å². The van der Waals surface area contributed by atoms with Crippen molar-refractivity contribution in [3.8, 4) is 17.2 Å². The fourth-order valence-electron chi connectivity index (χ4n) is 2.88. The summed E-state index contributed by atoms with van der Waals surface area (Å²) in [4.78, 5) is 24.0. The molecule has 0 bridgehead atoms. The van der Waals surface area contributed by atoms with Crippen molar-refractivity contribution in [1.29, 1.82) is 0 Å². The third-order valence-electron chi connectivity index (χ3n) is 4.23. The van der Waals surface area contributed by atoms with Gasteiger partial charge in [-0.05, 0) is 51.1 Å². The van der Waals surface area contributed by atoms with E-state index in [1.165, 1.54) is 31.2 Å². The predicted molar refractivity (Wildman–Crippen MR) is 103 cm³/mol. The van der Waals surface area contributed by atoms with Gasteiger partial charge in [-0.25, -0.2) is 4.39 Å². The fraction of sp³-hybridized carbons (Fsp3) is 0.333. The fourth-order valence-corrected chi connectivity index (χ4v) is 2.88. The first-order valence-electron chi connectivity index (χ1n) is 9.18. The topological polar surface area (TPSA) is 85.9 Å². The Labute approximate surface area is 168 Å². The number of hydrogen-bond donors (Lipinski definition) is 2. The molecule has 2 amide bonds. The predicted octanol–water partition coefficient (Wildman–Crippen LogP) is 2.53. The van der Waals surface area contributed by atoms with E-state index in [1.54, 1.807) is 6.07 Å². The summed E-state index contributed by atoms with van der Waals surface area (Å²) in [6.07, 6.45) is -0.136. The Bertz CT molecular complexity index is 898. The van der Waals surface area contributed by atoms with Crippen LogP contribution >= 0.6 is 0 Å². The van der Waals surface area contributed by atoms with Gasteiger partial charge in [-0.3, -0.25) is 20.4 Å². The van der Waals surface area contributed by atoms with Gasteiger partial charge in [-0.1, -0.05) is 12.1 Å². The van der Waals surface area contributed by atoms with E-state index in [1.807, 2.05) is 26.0 Å². The molecule has 1 atom stereocenters. The molecule has 0 spiro atoms. The molecule has 1 heterocycles. The maximum atomic E-state index is 12.9. The van der Waals surface area contributed by atoms with Gasteiger partial charge in [-0.2, -0.15) is 0 Å². The number of amides is 2. The molecule has 0 aliphatic carbocycles. The van der Waals surface area contributed by atoms with Crippen LogP contribution in [0.15, 0.2) is 42.5 Å². The van der Waals surface area contributed by atoms with Gasteiger partial charge < -0.3 is 14.2 Å². The molecule has 7 nitrogen and oxygen atoms in total. The first-order chi connectivity index (χ1) is 13.7. The van der Waals surface area contributed by atoms with Gasteiger partial charge in [-0.15, -0.1) is 0 Å². The van der Waals surface area contributed by atoms with Crippen molar-refractivity contribution in [2.75, 3.05) is 6.61 Å². The van der Waals surface area contributed by atoms with Gasteiger partial charge in [0, 0.05) is 12.0 Å². The van der Waals surface area contributed by atoms with Crippen molar-refractivity contribution in [2.24, 2.45) is 0 Å². The Kier molecular flexibility index (Phi) is 5.91. The van der Waals surface area contributed by atoms with Gasteiger partial charge in [0.25, 0.3) is 11.8 Å². The number of benzene rings is 2. The summed E-state index contributed by atoms with van der Waals surface area (Å²) < 4.78 is 29.7. The molecule has 2 aromatic carbocycles. The first kappa shape index (κ1) is 20.4. The van der Waals surface area contributed by atoms with Crippen LogP contribution in [-0.4, -0.2) is 30.1 Å². The number of carbonyl (C=O) groups is 2. The first-order valence-corrected chi connectivity index (χ1v) is 9.18. The lowest BCUT2D eigenvalue weighted by Crippen LogP contribution is -2.48. The van der Waals surface area contributed by atoms with E-state index in [0.717, 1.165) is 12.0 Å². The molecule has 154 valence electrons. The Morgan fingerprint density at radius 1 is 1.17 bits per heavy atom. The molecule has 2 aromatic rings. The van der Waals surface area contributed by atoms with Crippen molar-refractivity contribution in [1.82, 2.24) is 10.9 Å². The standard InChI is InChI=1S/C21H23FN2O5/c1-13(28-16-9-7-15(22)8-10-16)20(26)24-23-18(25)12-27-17-6-4-5-14-11-21(2,3)29-19(14)17/h4-10,13H,11-12H2,1-3H3,(H,23,25)(H,24,26)/t13-/m1/s1. The molecule has 0 aromatic heterocycles. The number of para-hydroxylation sites is 1. The molecule has 3 rings (SSSR count). The SMILES string of the molecule is C[C@@H](Oc1ccc(F)cc1)C(=O)NNC(=O)COc1cccc2c1OC(C)(C)C2. The van der Waals surface area contributed by atoms with Crippen LogP contribution in [0, 0.1) is 5.82 Å². The van der Waals surface area contributed by atoms with Gasteiger partial charge in [0.1, 0.15) is 17.2 Å². The van der Waals surface area contributed by atoms with Gasteiger partial charge in [0.05, 0.1) is 0 Å². The summed E-state index contributed by atoms with van der Waals surface area (Å²) >= 11 is 0. The zero-order valence-electron chi connectivity index (χ0n) is 16.5. The molecule has 0 saturated carbocycles. The van der Waals surface area contributed by atoms with E-state index in [9.17, 15) is 14.0 Å². The number of ether oxygens (including phenoxy) is 3. The number of hydrogen-bond acceptors (Lipinski definition) is 5. The molecule has 2 N–H and O–H groups in total. The monoisotopic (exact) mass is 402 g/mol. The zero-order chi connectivity index (χ0) is 21.0. The lowest BCUT2D eigenvalue weighted by atomic mass is 10.0. The maximum absolute atomic E-state index is 12.9. The third-order valence-corrected chi connectivity index (χ3v) is 4.23. The molecule has 8 heteroatoms. The summed E-state index contributed by atoms with van der Waals surface area (Å²) in [5, 5.41) is 0. The van der Waals surface area contributed by atoms with Crippen molar-refractivity contribution in [2.45, 2.75) is 38.9 Å². The summed E-state index contributed by atoms with van der Waals surface area (Å²) in [5.74, 6) is -0.0573. The Morgan fingerprint density at radius 3 is 2.62 bits per heavy atom. The highest BCUT2D eigenvalue weighted by Crippen LogP contribution is 2.41. The van der Waals surface area contributed by atoms with Crippen LogP contribution in [0.5, 0.6) is 17.2 Å². The third kappa shape index (κ3) is 5.37. The molecular weight excluding hydrogens is 379 g/mol. The molecule has 1 aliphatic rings. The van der Waals surface area contributed by atoms with Crippen molar-refractivity contribution < 1.29 is 28.2 Å². The Morgan fingerprint density at radius 2 is 1.90 bits per heavy atom. The highest BCUT2D eigenvalue weighted by Gasteiger charge is 2.32. The van der Waals surface area contributed by atoms with Crippen LogP contribution in [0.4, 0.5) is 4.39 Å². The number of hydrazine groups is 1. The average Bonchev–Trinajstić information content (AvgIpc) is 3.00. The van der Waals surface area contributed by atoms with Gasteiger partial charge >= 0.3 is 0 Å². The minimum Gasteiger partial charge on any atom is -0.483 e. The Hall–Kier alpha value is -3.29. The normalized spacial score (nSPS) is 14.9. The second-order valence-corrected chi connectivity index (χ2v) is 7.32. The maximum Gasteiger partial charge on any atom is 0.279 e. The van der Waals surface area contributed by atoms with E-state index in [-0.39, 0.29) is 12.2 Å². The Balaban J connectivity index is 1.45. The molecule has 29 heavy (non-hydrogen) atoms. The zero-order valence-corrected chi connectivity index (χ0v) is 16.5. The smallest absolute Gasteiger partial charge is 0.279 e. The minimum absolute atomic E-state index is 0.298. The summed E-state index contributed by atoms with van der Waals surface area (Å²) in [7, 11) is 0. The highest BCUT2D eigenvalue weighted by molar-refractivity contribution is 5.85. The number of halogens is 1. The number of nitrogens with one attached hydrogen (secondary N) is 2. The lowest BCUT2D eigenvalue weighted by Gasteiger charge is -2.18. The lowest BCUT2D eigenvalue weighted by molar-refractivity contribution is -0.133. The average molecular weight is 402 g/mol. The number of fused-ring (bicyclic) bond motifs is 1. The second kappa shape index (κ2) is 8.38.